The lowest BCUT2D eigenvalue weighted by atomic mass is 9.70. The third-order valence-electron chi connectivity index (χ3n) is 5.64. The summed E-state index contributed by atoms with van der Waals surface area (Å²) in [6, 6.07) is 8.87. The minimum Gasteiger partial charge on any atom is -0.390 e. The molecule has 0 aromatic heterocycles. The van der Waals surface area contributed by atoms with Crippen LogP contribution in [0.3, 0.4) is 0 Å². The van der Waals surface area contributed by atoms with Crippen molar-refractivity contribution in [3.63, 3.8) is 0 Å². The molecule has 0 amide bonds. The van der Waals surface area contributed by atoms with Gasteiger partial charge < -0.3 is 5.11 Å². The van der Waals surface area contributed by atoms with Gasteiger partial charge in [0.1, 0.15) is 0 Å². The molecule has 0 saturated heterocycles. The summed E-state index contributed by atoms with van der Waals surface area (Å²) in [5.74, 6) is 1.09. The van der Waals surface area contributed by atoms with E-state index in [1.54, 1.807) is 0 Å². The standard InChI is InChI=1S/C19H28O/c1-19(20,17-11-3-2-4-12-17)14-16-10-7-9-15-8-5-6-13-18(15)16/h5-6,8,13,16-17,20H,2-4,7,9-12,14H2,1H3. The fourth-order valence-electron chi connectivity index (χ4n) is 4.46. The molecule has 0 spiro atoms. The topological polar surface area (TPSA) is 20.2 Å². The van der Waals surface area contributed by atoms with E-state index in [2.05, 4.69) is 31.2 Å². The molecule has 1 aromatic carbocycles. The van der Waals surface area contributed by atoms with E-state index in [0.717, 1.165) is 6.42 Å². The second kappa shape index (κ2) is 5.89. The Morgan fingerprint density at radius 1 is 1.05 bits per heavy atom. The lowest BCUT2D eigenvalue weighted by Gasteiger charge is -2.39. The number of fused-ring (bicyclic) bond motifs is 1. The number of hydrogen-bond acceptors (Lipinski definition) is 1. The Balaban J connectivity index is 1.74. The maximum Gasteiger partial charge on any atom is 0.0653 e. The molecular weight excluding hydrogens is 244 g/mol. The highest BCUT2D eigenvalue weighted by Crippen LogP contribution is 2.42. The molecule has 0 heterocycles. The number of aliphatic hydroxyl groups is 1. The molecule has 1 fully saturated rings. The van der Waals surface area contributed by atoms with Crippen molar-refractivity contribution in [3.8, 4) is 0 Å². The van der Waals surface area contributed by atoms with Crippen LogP contribution in [-0.4, -0.2) is 10.7 Å². The second-order valence-corrected chi connectivity index (χ2v) is 7.18. The maximum absolute atomic E-state index is 11.0. The zero-order valence-corrected chi connectivity index (χ0v) is 12.8. The molecule has 2 aliphatic rings. The molecule has 2 aliphatic carbocycles. The number of benzene rings is 1. The van der Waals surface area contributed by atoms with E-state index in [0.29, 0.717) is 11.8 Å². The van der Waals surface area contributed by atoms with Gasteiger partial charge in [0.2, 0.25) is 0 Å². The van der Waals surface area contributed by atoms with E-state index >= 15 is 0 Å². The van der Waals surface area contributed by atoms with Crippen molar-refractivity contribution < 1.29 is 5.11 Å². The SMILES string of the molecule is CC(O)(CC1CCCc2ccccc21)C1CCCCC1. The number of hydrogen-bond donors (Lipinski definition) is 1. The van der Waals surface area contributed by atoms with Crippen LogP contribution < -0.4 is 0 Å². The lowest BCUT2D eigenvalue weighted by molar-refractivity contribution is -0.0301. The van der Waals surface area contributed by atoms with Crippen LogP contribution in [-0.2, 0) is 6.42 Å². The molecule has 2 atom stereocenters. The summed E-state index contributed by atoms with van der Waals surface area (Å²) in [6.45, 7) is 2.10. The van der Waals surface area contributed by atoms with Gasteiger partial charge in [-0.3, -0.25) is 0 Å². The first-order valence-corrected chi connectivity index (χ1v) is 8.47. The molecule has 1 nitrogen and oxygen atoms in total. The fraction of sp³-hybridized carbons (Fsp3) is 0.684. The van der Waals surface area contributed by atoms with E-state index in [9.17, 15) is 5.11 Å². The first kappa shape index (κ1) is 14.1. The van der Waals surface area contributed by atoms with Gasteiger partial charge in [-0.15, -0.1) is 0 Å². The Morgan fingerprint density at radius 2 is 1.80 bits per heavy atom. The number of rotatable bonds is 3. The van der Waals surface area contributed by atoms with Crippen LogP contribution in [0.5, 0.6) is 0 Å². The minimum absolute atomic E-state index is 0.477. The van der Waals surface area contributed by atoms with Crippen molar-refractivity contribution in [1.82, 2.24) is 0 Å². The second-order valence-electron chi connectivity index (χ2n) is 7.18. The molecule has 2 unspecified atom stereocenters. The average molecular weight is 272 g/mol. The van der Waals surface area contributed by atoms with Crippen LogP contribution in [0.2, 0.25) is 0 Å². The molecule has 110 valence electrons. The van der Waals surface area contributed by atoms with Gasteiger partial charge in [0.05, 0.1) is 5.60 Å². The largest absolute Gasteiger partial charge is 0.390 e. The molecule has 1 saturated carbocycles. The summed E-state index contributed by atoms with van der Waals surface area (Å²) in [5.41, 5.74) is 2.55. The van der Waals surface area contributed by atoms with Crippen LogP contribution in [0, 0.1) is 5.92 Å². The molecule has 1 heteroatoms. The monoisotopic (exact) mass is 272 g/mol. The Morgan fingerprint density at radius 3 is 2.60 bits per heavy atom. The van der Waals surface area contributed by atoms with E-state index in [1.165, 1.54) is 62.5 Å². The third kappa shape index (κ3) is 2.93. The van der Waals surface area contributed by atoms with Gasteiger partial charge >= 0.3 is 0 Å². The lowest BCUT2D eigenvalue weighted by Crippen LogP contribution is -2.38. The minimum atomic E-state index is -0.477. The zero-order chi connectivity index (χ0) is 14.0. The first-order valence-electron chi connectivity index (χ1n) is 8.47. The van der Waals surface area contributed by atoms with E-state index < -0.39 is 5.60 Å². The maximum atomic E-state index is 11.0. The smallest absolute Gasteiger partial charge is 0.0653 e. The van der Waals surface area contributed by atoms with Crippen molar-refractivity contribution >= 4 is 0 Å². The summed E-state index contributed by atoms with van der Waals surface area (Å²) in [4.78, 5) is 0. The summed E-state index contributed by atoms with van der Waals surface area (Å²) in [5, 5.41) is 11.0. The summed E-state index contributed by atoms with van der Waals surface area (Å²) in [7, 11) is 0. The third-order valence-corrected chi connectivity index (χ3v) is 5.64. The Bertz CT molecular complexity index is 443. The van der Waals surface area contributed by atoms with Crippen molar-refractivity contribution in [1.29, 1.82) is 0 Å². The van der Waals surface area contributed by atoms with Crippen molar-refractivity contribution in [3.05, 3.63) is 35.4 Å². The highest BCUT2D eigenvalue weighted by Gasteiger charge is 2.36. The summed E-state index contributed by atoms with van der Waals surface area (Å²) < 4.78 is 0. The van der Waals surface area contributed by atoms with Gasteiger partial charge in [0.25, 0.3) is 0 Å². The molecule has 0 bridgehead atoms. The number of aryl methyl sites for hydroxylation is 1. The van der Waals surface area contributed by atoms with E-state index in [-0.39, 0.29) is 0 Å². The van der Waals surface area contributed by atoms with Gasteiger partial charge in [-0.1, -0.05) is 43.5 Å². The fourth-order valence-corrected chi connectivity index (χ4v) is 4.46. The quantitative estimate of drug-likeness (QED) is 0.835. The Hall–Kier alpha value is -0.820. The molecule has 20 heavy (non-hydrogen) atoms. The normalized spacial score (nSPS) is 26.8. The molecule has 0 aliphatic heterocycles. The van der Waals surface area contributed by atoms with Gasteiger partial charge in [-0.05, 0) is 68.4 Å². The van der Waals surface area contributed by atoms with Crippen LogP contribution >= 0.6 is 0 Å². The predicted molar refractivity (Wildman–Crippen MR) is 83.9 cm³/mol. The van der Waals surface area contributed by atoms with Crippen molar-refractivity contribution in [2.45, 2.75) is 76.2 Å². The van der Waals surface area contributed by atoms with Gasteiger partial charge in [-0.2, -0.15) is 0 Å². The van der Waals surface area contributed by atoms with Gasteiger partial charge in [0.15, 0.2) is 0 Å². The molecule has 1 N–H and O–H groups in total. The zero-order valence-electron chi connectivity index (χ0n) is 12.8. The van der Waals surface area contributed by atoms with Crippen LogP contribution in [0.25, 0.3) is 0 Å². The van der Waals surface area contributed by atoms with Gasteiger partial charge in [0, 0.05) is 0 Å². The highest BCUT2D eigenvalue weighted by atomic mass is 16.3. The van der Waals surface area contributed by atoms with E-state index in [4.69, 9.17) is 0 Å². The Labute approximate surface area is 123 Å². The molecular formula is C19H28O. The van der Waals surface area contributed by atoms with Crippen LogP contribution in [0.1, 0.15) is 75.3 Å². The van der Waals surface area contributed by atoms with Crippen LogP contribution in [0.4, 0.5) is 0 Å². The Kier molecular flexibility index (Phi) is 4.16. The van der Waals surface area contributed by atoms with Crippen LogP contribution in [0.15, 0.2) is 24.3 Å². The van der Waals surface area contributed by atoms with Gasteiger partial charge in [-0.25, -0.2) is 0 Å². The summed E-state index contributed by atoms with van der Waals surface area (Å²) in [6.07, 6.45) is 11.1. The van der Waals surface area contributed by atoms with E-state index in [1.807, 2.05) is 0 Å². The highest BCUT2D eigenvalue weighted by molar-refractivity contribution is 5.32. The predicted octanol–water partition coefficient (Wildman–Crippen LogP) is 4.83. The molecule has 3 rings (SSSR count). The molecule has 0 radical (unpaired) electrons. The average Bonchev–Trinajstić information content (AvgIpc) is 2.48. The van der Waals surface area contributed by atoms with Crippen molar-refractivity contribution in [2.24, 2.45) is 5.92 Å². The molecule has 1 aromatic rings. The van der Waals surface area contributed by atoms with Crippen molar-refractivity contribution in [2.75, 3.05) is 0 Å². The first-order chi connectivity index (χ1) is 9.67. The summed E-state index contributed by atoms with van der Waals surface area (Å²) >= 11 is 0.